The first-order chi connectivity index (χ1) is 21.7. The molecule has 3 unspecified atom stereocenters. The molecule has 24 heteroatoms. The molecule has 3 saturated heterocycles. The number of hydrogen-bond donors (Lipinski definition) is 4. The number of fused-ring (bicyclic) bond motifs is 5. The van der Waals surface area contributed by atoms with E-state index >= 15 is 4.39 Å². The third-order valence-corrected chi connectivity index (χ3v) is 10.2. The molecular weight excluding hydrogens is 684 g/mol. The van der Waals surface area contributed by atoms with Crippen molar-refractivity contribution >= 4 is 54.4 Å². The predicted octanol–water partition coefficient (Wildman–Crippen LogP) is -0.0756. The molecule has 0 saturated carbocycles. The van der Waals surface area contributed by atoms with E-state index in [0.29, 0.717) is 0 Å². The van der Waals surface area contributed by atoms with Gasteiger partial charge in [0.05, 0.1) is 25.9 Å². The van der Waals surface area contributed by atoms with Crippen LogP contribution in [0.3, 0.4) is 0 Å². The van der Waals surface area contributed by atoms with Crippen LogP contribution in [0.25, 0.3) is 22.2 Å². The minimum absolute atomic E-state index is 0.0168. The number of halogens is 2. The number of aliphatic hydroxyl groups is 1. The van der Waals surface area contributed by atoms with E-state index in [1.54, 1.807) is 0 Å². The fourth-order valence-electron chi connectivity index (χ4n) is 5.51. The topological polar surface area (TPSA) is 243 Å². The van der Waals surface area contributed by atoms with Gasteiger partial charge in [-0.25, -0.2) is 33.3 Å². The van der Waals surface area contributed by atoms with E-state index in [9.17, 15) is 28.6 Å². The van der Waals surface area contributed by atoms with Crippen LogP contribution in [0.1, 0.15) is 12.5 Å². The van der Waals surface area contributed by atoms with Gasteiger partial charge in [-0.15, -0.1) is 0 Å². The number of aryl methyl sites for hydroxylation is 1. The van der Waals surface area contributed by atoms with Crippen LogP contribution in [0, 0.1) is 5.82 Å². The first-order valence-corrected chi connectivity index (χ1v) is 17.4. The number of anilines is 1. The molecule has 0 aliphatic carbocycles. The van der Waals surface area contributed by atoms with Gasteiger partial charge in [0.15, 0.2) is 41.6 Å². The van der Waals surface area contributed by atoms with Crippen molar-refractivity contribution in [2.45, 2.75) is 49.1 Å². The Morgan fingerprint density at radius 2 is 1.74 bits per heavy atom. The van der Waals surface area contributed by atoms with Crippen LogP contribution in [0.15, 0.2) is 30.0 Å². The van der Waals surface area contributed by atoms with Crippen LogP contribution < -0.4 is 11.3 Å². The van der Waals surface area contributed by atoms with Gasteiger partial charge in [-0.2, -0.15) is 0 Å². The van der Waals surface area contributed by atoms with Gasteiger partial charge in [0.2, 0.25) is 0 Å². The molecule has 4 aromatic rings. The summed E-state index contributed by atoms with van der Waals surface area (Å²) in [6, 6.07) is 0. The highest BCUT2D eigenvalue weighted by atomic mass is 32.5. The second-order valence-electron chi connectivity index (χ2n) is 10.6. The summed E-state index contributed by atoms with van der Waals surface area (Å²) in [5, 5.41) is 10.6. The summed E-state index contributed by atoms with van der Waals surface area (Å²) in [5.41, 5.74) is 5.12. The highest BCUT2D eigenvalue weighted by Gasteiger charge is 2.54. The zero-order chi connectivity index (χ0) is 32.7. The van der Waals surface area contributed by atoms with Crippen molar-refractivity contribution in [2.75, 3.05) is 18.9 Å². The van der Waals surface area contributed by atoms with Crippen LogP contribution in [0.2, 0.25) is 0 Å². The van der Waals surface area contributed by atoms with Gasteiger partial charge < -0.3 is 43.8 Å². The number of imidazole rings is 1. The van der Waals surface area contributed by atoms with Crippen molar-refractivity contribution in [3.63, 3.8) is 0 Å². The Morgan fingerprint density at radius 3 is 2.52 bits per heavy atom. The maximum Gasteiger partial charge on any atom is 0.472 e. The SMILES string of the molecule is Cn1cnc2c(c(F)cn2C2O[C@@H]3COP(O)(=S)O[C@H]4[C@@H](F)[C@H](n5cnc6c(N)ncnc65)O[C@@H]4COP(=O)(O)O[C@@H]2[C@@H]3O)c1=O. The molecule has 7 heterocycles. The molecule has 7 rings (SSSR count). The molecule has 0 amide bonds. The number of alkyl halides is 1. The minimum Gasteiger partial charge on any atom is -0.387 e. The van der Waals surface area contributed by atoms with E-state index in [0.717, 1.165) is 28.0 Å². The summed E-state index contributed by atoms with van der Waals surface area (Å²) in [4.78, 5) is 50.2. The largest absolute Gasteiger partial charge is 0.472 e. The number of hydrogen-bond acceptors (Lipinski definition) is 15. The zero-order valence-electron chi connectivity index (χ0n) is 23.2. The number of aliphatic hydroxyl groups excluding tert-OH is 1. The molecule has 19 nitrogen and oxygen atoms in total. The normalized spacial score (nSPS) is 37.2. The number of rotatable bonds is 2. The van der Waals surface area contributed by atoms with Gasteiger partial charge in [-0.1, -0.05) is 0 Å². The molecule has 5 N–H and O–H groups in total. The lowest BCUT2D eigenvalue weighted by atomic mass is 10.1. The molecule has 2 bridgehead atoms. The summed E-state index contributed by atoms with van der Waals surface area (Å²) >= 11 is 5.11. The number of aromatic nitrogens is 7. The van der Waals surface area contributed by atoms with Crippen molar-refractivity contribution in [1.29, 1.82) is 0 Å². The van der Waals surface area contributed by atoms with Crippen LogP contribution in [-0.2, 0) is 51.0 Å². The molecule has 3 fully saturated rings. The summed E-state index contributed by atoms with van der Waals surface area (Å²) < 4.78 is 80.3. The standard InChI is InChI=1S/C22H24F2N8O11P2S/c1-30-6-29-18-11(20(30)34)8(23)2-31(18)22-16-14(33)9(40-22)3-39-45(37,46)43-15-10(4-38-44(35,36)42-16)41-21(12(15)24)32-7-28-13-17(25)26-5-27-19(13)32/h2,5-7,9-10,12,14-16,21-22,33H,3-4H2,1H3,(H,35,36)(H,37,46)(H2,25,26,27)/t9-,10-,12-,14-,15-,16-,21-,22?,45?/m1/s1. The van der Waals surface area contributed by atoms with Gasteiger partial charge >= 0.3 is 14.5 Å². The lowest BCUT2D eigenvalue weighted by Crippen LogP contribution is -2.35. The van der Waals surface area contributed by atoms with Gasteiger partial charge in [-0.05, 0) is 11.8 Å². The Bertz CT molecular complexity index is 2000. The quantitative estimate of drug-likeness (QED) is 0.199. The second-order valence-corrected chi connectivity index (χ2v) is 14.8. The summed E-state index contributed by atoms with van der Waals surface area (Å²) in [7, 11) is -3.80. The average Bonchev–Trinajstić information content (AvgIpc) is 3.73. The van der Waals surface area contributed by atoms with E-state index in [2.05, 4.69) is 19.9 Å². The molecule has 0 spiro atoms. The van der Waals surface area contributed by atoms with Crippen molar-refractivity contribution in [2.24, 2.45) is 7.05 Å². The monoisotopic (exact) mass is 708 g/mol. The lowest BCUT2D eigenvalue weighted by molar-refractivity contribution is -0.0642. The first kappa shape index (κ1) is 31.7. The van der Waals surface area contributed by atoms with Gasteiger partial charge in [0, 0.05) is 13.2 Å². The van der Waals surface area contributed by atoms with Crippen molar-refractivity contribution < 1.29 is 55.8 Å². The first-order valence-electron chi connectivity index (χ1n) is 13.3. The molecular formula is C22H24F2N8O11P2S. The molecule has 3 aliphatic heterocycles. The van der Waals surface area contributed by atoms with E-state index in [1.165, 1.54) is 17.9 Å². The average molecular weight is 708 g/mol. The van der Waals surface area contributed by atoms with E-state index in [1.807, 2.05) is 0 Å². The number of nitrogens with two attached hydrogens (primary N) is 1. The third-order valence-electron chi connectivity index (χ3n) is 7.68. The van der Waals surface area contributed by atoms with E-state index in [4.69, 9.17) is 45.1 Å². The predicted molar refractivity (Wildman–Crippen MR) is 151 cm³/mol. The summed E-state index contributed by atoms with van der Waals surface area (Å²) in [6.45, 7) is -5.90. The number of phosphoric ester groups is 1. The fraction of sp³-hybridized carbons (Fsp3) is 0.500. The lowest BCUT2D eigenvalue weighted by Gasteiger charge is -2.26. The molecule has 0 aromatic carbocycles. The van der Waals surface area contributed by atoms with E-state index in [-0.39, 0.29) is 22.6 Å². The molecule has 3 aliphatic rings. The molecule has 10 atom stereocenters. The maximum absolute atomic E-state index is 16.0. The molecule has 46 heavy (non-hydrogen) atoms. The molecule has 4 aromatic heterocycles. The second kappa shape index (κ2) is 11.4. The Kier molecular flexibility index (Phi) is 7.86. The van der Waals surface area contributed by atoms with Crippen LogP contribution in [0.4, 0.5) is 14.6 Å². The van der Waals surface area contributed by atoms with Crippen molar-refractivity contribution in [3.8, 4) is 0 Å². The number of nitrogens with zero attached hydrogens (tertiary/aromatic N) is 7. The minimum atomic E-state index is -5.16. The molecule has 0 radical (unpaired) electrons. The van der Waals surface area contributed by atoms with Gasteiger partial charge in [0.25, 0.3) is 5.56 Å². The molecule has 248 valence electrons. The Hall–Kier alpha value is -2.85. The van der Waals surface area contributed by atoms with Crippen LogP contribution >= 0.6 is 14.5 Å². The number of phosphoric acid groups is 1. The smallest absolute Gasteiger partial charge is 0.387 e. The third kappa shape index (κ3) is 5.37. The van der Waals surface area contributed by atoms with Gasteiger partial charge in [-0.3, -0.25) is 22.9 Å². The fourth-order valence-corrected chi connectivity index (χ4v) is 7.88. The van der Waals surface area contributed by atoms with Gasteiger partial charge in [0.1, 0.15) is 47.8 Å². The summed E-state index contributed by atoms with van der Waals surface area (Å²) in [5.74, 6) is -0.972. The Balaban J connectivity index is 1.21. The van der Waals surface area contributed by atoms with Crippen LogP contribution in [-0.4, -0.2) is 98.4 Å². The van der Waals surface area contributed by atoms with Crippen molar-refractivity contribution in [1.82, 2.24) is 33.6 Å². The Morgan fingerprint density at radius 1 is 1.00 bits per heavy atom. The highest BCUT2D eigenvalue weighted by molar-refractivity contribution is 8.07. The van der Waals surface area contributed by atoms with Crippen LogP contribution in [0.5, 0.6) is 0 Å². The number of ether oxygens (including phenoxy) is 2. The maximum atomic E-state index is 16.0. The van der Waals surface area contributed by atoms with E-state index < -0.39 is 93.7 Å². The highest BCUT2D eigenvalue weighted by Crippen LogP contribution is 2.54. The Labute approximate surface area is 260 Å². The summed E-state index contributed by atoms with van der Waals surface area (Å²) in [6.07, 6.45) is -9.06. The van der Waals surface area contributed by atoms with Crippen molar-refractivity contribution in [3.05, 3.63) is 41.3 Å². The number of nitrogen functional groups attached to an aromatic ring is 1. The zero-order valence-corrected chi connectivity index (χ0v) is 25.8.